The van der Waals surface area contributed by atoms with Gasteiger partial charge >= 0.3 is 6.03 Å². The lowest BCUT2D eigenvalue weighted by atomic mass is 9.78. The Morgan fingerprint density at radius 2 is 2.10 bits per heavy atom. The number of carbonyl (C=O) groups excluding carboxylic acids is 1. The molecule has 1 heterocycles. The fraction of sp³-hybridized carbons (Fsp3) is 0.533. The highest BCUT2D eigenvalue weighted by Gasteiger charge is 2.40. The predicted octanol–water partition coefficient (Wildman–Crippen LogP) is 3.58. The van der Waals surface area contributed by atoms with Gasteiger partial charge in [-0.25, -0.2) is 4.79 Å². The molecule has 3 unspecified atom stereocenters. The standard InChI is InChI=1S/C15H19Cl2N3O/c16-10-4-5-12(17)14(6-10)19-15(21)20-7-9-2-1-3-13(18)11(9)8-20/h4-6,9,11,13H,1-3,7-8,18H2,(H,19,21). The van der Waals surface area contributed by atoms with Crippen molar-refractivity contribution in [2.24, 2.45) is 17.6 Å². The van der Waals surface area contributed by atoms with Gasteiger partial charge in [0.15, 0.2) is 0 Å². The summed E-state index contributed by atoms with van der Waals surface area (Å²) >= 11 is 12.0. The second kappa shape index (κ2) is 6.03. The number of likely N-dealkylation sites (tertiary alicyclic amines) is 1. The van der Waals surface area contributed by atoms with E-state index in [1.807, 2.05) is 4.90 Å². The first kappa shape index (κ1) is 14.9. The number of hydrogen-bond acceptors (Lipinski definition) is 2. The first-order valence-electron chi connectivity index (χ1n) is 7.31. The van der Waals surface area contributed by atoms with Crippen molar-refractivity contribution in [1.82, 2.24) is 4.90 Å². The number of urea groups is 1. The van der Waals surface area contributed by atoms with Gasteiger partial charge in [0.25, 0.3) is 0 Å². The van der Waals surface area contributed by atoms with Crippen LogP contribution in [-0.4, -0.2) is 30.1 Å². The molecule has 1 aromatic carbocycles. The second-order valence-corrected chi connectivity index (χ2v) is 6.82. The molecular formula is C15H19Cl2N3O. The van der Waals surface area contributed by atoms with Gasteiger partial charge in [0.05, 0.1) is 10.7 Å². The number of nitrogens with one attached hydrogen (secondary N) is 1. The molecule has 114 valence electrons. The van der Waals surface area contributed by atoms with E-state index in [1.165, 1.54) is 6.42 Å². The van der Waals surface area contributed by atoms with Crippen LogP contribution in [-0.2, 0) is 0 Å². The van der Waals surface area contributed by atoms with Gasteiger partial charge in [-0.2, -0.15) is 0 Å². The molecule has 2 aliphatic rings. The minimum atomic E-state index is -0.124. The van der Waals surface area contributed by atoms with Crippen LogP contribution < -0.4 is 11.1 Å². The summed E-state index contributed by atoms with van der Waals surface area (Å²) in [4.78, 5) is 14.2. The number of nitrogens with zero attached hydrogens (tertiary/aromatic N) is 1. The van der Waals surface area contributed by atoms with Crippen LogP contribution in [0, 0.1) is 11.8 Å². The minimum absolute atomic E-state index is 0.124. The van der Waals surface area contributed by atoms with Crippen molar-refractivity contribution in [3.8, 4) is 0 Å². The molecule has 0 radical (unpaired) electrons. The van der Waals surface area contributed by atoms with Crippen molar-refractivity contribution < 1.29 is 4.79 Å². The maximum atomic E-state index is 12.4. The van der Waals surface area contributed by atoms with Gasteiger partial charge < -0.3 is 16.0 Å². The van der Waals surface area contributed by atoms with E-state index in [9.17, 15) is 4.79 Å². The van der Waals surface area contributed by atoms with E-state index in [1.54, 1.807) is 18.2 Å². The zero-order valence-electron chi connectivity index (χ0n) is 11.7. The quantitative estimate of drug-likeness (QED) is 0.828. The number of anilines is 1. The molecule has 1 aliphatic heterocycles. The van der Waals surface area contributed by atoms with Crippen molar-refractivity contribution in [2.75, 3.05) is 18.4 Å². The van der Waals surface area contributed by atoms with Crippen molar-refractivity contribution in [2.45, 2.75) is 25.3 Å². The maximum absolute atomic E-state index is 12.4. The molecule has 3 N–H and O–H groups in total. The van der Waals surface area contributed by atoms with E-state index in [-0.39, 0.29) is 12.1 Å². The van der Waals surface area contributed by atoms with Crippen LogP contribution in [0.25, 0.3) is 0 Å². The second-order valence-electron chi connectivity index (χ2n) is 5.98. The van der Waals surface area contributed by atoms with E-state index in [2.05, 4.69) is 5.32 Å². The highest BCUT2D eigenvalue weighted by Crippen LogP contribution is 2.36. The monoisotopic (exact) mass is 327 g/mol. The summed E-state index contributed by atoms with van der Waals surface area (Å²) < 4.78 is 0. The molecule has 1 saturated carbocycles. The summed E-state index contributed by atoms with van der Waals surface area (Å²) in [6.07, 6.45) is 3.40. The molecule has 6 heteroatoms. The first-order valence-corrected chi connectivity index (χ1v) is 8.07. The number of rotatable bonds is 1. The smallest absolute Gasteiger partial charge is 0.321 e. The Kier molecular flexibility index (Phi) is 4.29. The van der Waals surface area contributed by atoms with Crippen LogP contribution >= 0.6 is 23.2 Å². The summed E-state index contributed by atoms with van der Waals surface area (Å²) in [6.45, 7) is 1.51. The summed E-state index contributed by atoms with van der Waals surface area (Å²) in [6, 6.07) is 5.13. The summed E-state index contributed by atoms with van der Waals surface area (Å²) in [5, 5.41) is 3.88. The molecule has 4 nitrogen and oxygen atoms in total. The third-order valence-corrected chi connectivity index (χ3v) is 5.18. The van der Waals surface area contributed by atoms with E-state index in [4.69, 9.17) is 28.9 Å². The van der Waals surface area contributed by atoms with E-state index < -0.39 is 0 Å². The first-order chi connectivity index (χ1) is 10.0. The SMILES string of the molecule is NC1CCCC2CN(C(=O)Nc3cc(Cl)ccc3Cl)CC12. The van der Waals surface area contributed by atoms with E-state index >= 15 is 0 Å². The number of fused-ring (bicyclic) bond motifs is 1. The zero-order chi connectivity index (χ0) is 15.0. The minimum Gasteiger partial charge on any atom is -0.327 e. The van der Waals surface area contributed by atoms with Gasteiger partial charge in [0.2, 0.25) is 0 Å². The van der Waals surface area contributed by atoms with Crippen LogP contribution in [0.15, 0.2) is 18.2 Å². The van der Waals surface area contributed by atoms with Gasteiger partial charge in [-0.15, -0.1) is 0 Å². The fourth-order valence-corrected chi connectivity index (χ4v) is 3.81. The lowest BCUT2D eigenvalue weighted by Crippen LogP contribution is -2.39. The molecule has 2 fully saturated rings. The topological polar surface area (TPSA) is 58.4 Å². The van der Waals surface area contributed by atoms with Crippen LogP contribution in [0.3, 0.4) is 0 Å². The maximum Gasteiger partial charge on any atom is 0.321 e. The molecule has 21 heavy (non-hydrogen) atoms. The molecule has 1 aliphatic carbocycles. The summed E-state index contributed by atoms with van der Waals surface area (Å²) in [5.74, 6) is 0.966. The Balaban J connectivity index is 1.68. The molecular weight excluding hydrogens is 309 g/mol. The number of nitrogens with two attached hydrogens (primary N) is 1. The highest BCUT2D eigenvalue weighted by atomic mass is 35.5. The number of hydrogen-bond donors (Lipinski definition) is 2. The normalized spacial score (nSPS) is 28.3. The van der Waals surface area contributed by atoms with Gasteiger partial charge in [-0.05, 0) is 42.9 Å². The molecule has 3 atom stereocenters. The number of benzene rings is 1. The lowest BCUT2D eigenvalue weighted by Gasteiger charge is -2.29. The molecule has 3 rings (SSSR count). The summed E-state index contributed by atoms with van der Waals surface area (Å²) in [5.41, 5.74) is 6.73. The number of carbonyl (C=O) groups is 1. The van der Waals surface area contributed by atoms with Gasteiger partial charge in [0, 0.05) is 24.2 Å². The lowest BCUT2D eigenvalue weighted by molar-refractivity contribution is 0.219. The van der Waals surface area contributed by atoms with Crippen molar-refractivity contribution >= 4 is 34.9 Å². The van der Waals surface area contributed by atoms with Crippen molar-refractivity contribution in [3.05, 3.63) is 28.2 Å². The average Bonchev–Trinajstić information content (AvgIpc) is 2.88. The molecule has 0 spiro atoms. The number of amides is 2. The number of halogens is 2. The third kappa shape index (κ3) is 3.12. The molecule has 0 aromatic heterocycles. The largest absolute Gasteiger partial charge is 0.327 e. The van der Waals surface area contributed by atoms with Gasteiger partial charge in [0.1, 0.15) is 0 Å². The van der Waals surface area contributed by atoms with Gasteiger partial charge in [-0.1, -0.05) is 29.6 Å². The molecule has 1 aromatic rings. The predicted molar refractivity (Wildman–Crippen MR) is 85.9 cm³/mol. The average molecular weight is 328 g/mol. The zero-order valence-corrected chi connectivity index (χ0v) is 13.2. The summed E-state index contributed by atoms with van der Waals surface area (Å²) in [7, 11) is 0. The Labute approximate surface area is 134 Å². The third-order valence-electron chi connectivity index (χ3n) is 4.61. The Morgan fingerprint density at radius 3 is 2.86 bits per heavy atom. The molecule has 2 amide bonds. The van der Waals surface area contributed by atoms with Crippen LogP contribution in [0.5, 0.6) is 0 Å². The Morgan fingerprint density at radius 1 is 1.29 bits per heavy atom. The van der Waals surface area contributed by atoms with E-state index in [0.717, 1.165) is 25.9 Å². The van der Waals surface area contributed by atoms with Crippen molar-refractivity contribution in [1.29, 1.82) is 0 Å². The molecule has 0 bridgehead atoms. The molecule has 1 saturated heterocycles. The van der Waals surface area contributed by atoms with Crippen LogP contribution in [0.4, 0.5) is 10.5 Å². The van der Waals surface area contributed by atoms with Crippen LogP contribution in [0.2, 0.25) is 10.0 Å². The van der Waals surface area contributed by atoms with Gasteiger partial charge in [-0.3, -0.25) is 0 Å². The Hall–Kier alpha value is -0.970. The Bertz CT molecular complexity index is 552. The fourth-order valence-electron chi connectivity index (χ4n) is 3.47. The van der Waals surface area contributed by atoms with Crippen molar-refractivity contribution in [3.63, 3.8) is 0 Å². The van der Waals surface area contributed by atoms with E-state index in [0.29, 0.717) is 27.6 Å². The van der Waals surface area contributed by atoms with Crippen LogP contribution in [0.1, 0.15) is 19.3 Å². The highest BCUT2D eigenvalue weighted by molar-refractivity contribution is 6.35.